The number of carbonyl (C=O) groups excluding carboxylic acids is 5. The Balaban J connectivity index is 4.75. The van der Waals surface area contributed by atoms with Crippen molar-refractivity contribution < 1.29 is 42.9 Å². The minimum Gasteiger partial charge on any atom is -0.469 e. The normalized spacial score (nSPS) is 11.4. The zero-order valence-electron chi connectivity index (χ0n) is 24.8. The van der Waals surface area contributed by atoms with Crippen molar-refractivity contribution in [1.29, 1.82) is 0 Å². The van der Waals surface area contributed by atoms with Gasteiger partial charge in [0.2, 0.25) is 0 Å². The van der Waals surface area contributed by atoms with Gasteiger partial charge in [0.15, 0.2) is 0 Å². The maximum Gasteiger partial charge on any atom is 0.305 e. The van der Waals surface area contributed by atoms with Crippen LogP contribution in [0.2, 0.25) is 0 Å². The summed E-state index contributed by atoms with van der Waals surface area (Å²) in [7, 11) is 1.41. The van der Waals surface area contributed by atoms with Crippen molar-refractivity contribution in [3.63, 3.8) is 0 Å². The number of unbranched alkanes of at least 4 members (excludes halogenated alkanes) is 7. The fourth-order valence-electron chi connectivity index (χ4n) is 4.05. The van der Waals surface area contributed by atoms with Crippen molar-refractivity contribution in [1.82, 2.24) is 0 Å². The number of esters is 1. The van der Waals surface area contributed by atoms with Crippen molar-refractivity contribution in [3.05, 3.63) is 0 Å². The highest BCUT2D eigenvalue weighted by atomic mass is 16.5. The molecule has 0 atom stereocenters. The molecule has 0 N–H and O–H groups in total. The molecular weight excluding hydrogens is 504 g/mol. The van der Waals surface area contributed by atoms with Crippen molar-refractivity contribution >= 4 is 29.1 Å². The van der Waals surface area contributed by atoms with Gasteiger partial charge in [-0.2, -0.15) is 0 Å². The van der Waals surface area contributed by atoms with Gasteiger partial charge >= 0.3 is 5.97 Å². The molecule has 0 amide bonds. The molecule has 0 aliphatic heterocycles. The highest BCUT2D eigenvalue weighted by molar-refractivity contribution is 5.79. The molecule has 226 valence electrons. The molecule has 0 aromatic heterocycles. The minimum atomic E-state index is -0.758. The zero-order chi connectivity index (χ0) is 29.4. The number of methoxy groups -OCH3 is 1. The van der Waals surface area contributed by atoms with Crippen LogP contribution in [0.5, 0.6) is 0 Å². The second kappa shape index (κ2) is 23.9. The molecule has 0 unspecified atom stereocenters. The third kappa shape index (κ3) is 23.6. The lowest BCUT2D eigenvalue weighted by molar-refractivity contribution is -0.140. The molecule has 9 heteroatoms. The van der Waals surface area contributed by atoms with Crippen LogP contribution in [0.3, 0.4) is 0 Å². The molecule has 0 aromatic rings. The average molecular weight is 557 g/mol. The molecule has 0 radical (unpaired) electrons. The van der Waals surface area contributed by atoms with Crippen molar-refractivity contribution in [3.8, 4) is 0 Å². The van der Waals surface area contributed by atoms with Crippen LogP contribution in [0.4, 0.5) is 0 Å². The standard InChI is InChI=1S/C30H52O9/c1-25(31)15-18-37-22-30(23-38-19-16-26(2)32,24-39-20-17-27(3)33)21-28(34)13-11-9-7-5-6-8-10-12-14-29(35)36-4/h5-24H2,1-4H3. The van der Waals surface area contributed by atoms with Gasteiger partial charge in [-0.3, -0.25) is 24.0 Å². The second-order valence-electron chi connectivity index (χ2n) is 10.6. The molecule has 0 saturated carbocycles. The summed E-state index contributed by atoms with van der Waals surface area (Å²) in [6, 6.07) is 0. The molecular formula is C30H52O9. The molecule has 0 fully saturated rings. The van der Waals surface area contributed by atoms with Crippen molar-refractivity contribution in [2.24, 2.45) is 5.41 Å². The topological polar surface area (TPSA) is 122 Å². The first-order valence-corrected chi connectivity index (χ1v) is 14.4. The van der Waals surface area contributed by atoms with Crippen LogP contribution >= 0.6 is 0 Å². The molecule has 0 rings (SSSR count). The largest absolute Gasteiger partial charge is 0.469 e. The number of ether oxygens (including phenoxy) is 4. The number of carbonyl (C=O) groups is 5. The van der Waals surface area contributed by atoms with E-state index >= 15 is 0 Å². The molecule has 0 aliphatic rings. The van der Waals surface area contributed by atoms with E-state index in [2.05, 4.69) is 4.74 Å². The van der Waals surface area contributed by atoms with Gasteiger partial charge in [0.1, 0.15) is 23.1 Å². The van der Waals surface area contributed by atoms with Crippen molar-refractivity contribution in [2.75, 3.05) is 46.8 Å². The molecule has 39 heavy (non-hydrogen) atoms. The third-order valence-corrected chi connectivity index (χ3v) is 6.41. The van der Waals surface area contributed by atoms with E-state index in [4.69, 9.17) is 14.2 Å². The summed E-state index contributed by atoms with van der Waals surface area (Å²) in [6.07, 6.45) is 10.0. The number of ketones is 4. The molecule has 0 spiro atoms. The first-order chi connectivity index (χ1) is 18.6. The fraction of sp³-hybridized carbons (Fsp3) is 0.833. The van der Waals surface area contributed by atoms with Crippen LogP contribution in [0.15, 0.2) is 0 Å². The van der Waals surface area contributed by atoms with Gasteiger partial charge in [-0.25, -0.2) is 0 Å². The SMILES string of the molecule is COC(=O)CCCCCCCCCCC(=O)CC(COCCC(C)=O)(COCCC(C)=O)COCCC(C)=O. The highest BCUT2D eigenvalue weighted by Crippen LogP contribution is 2.27. The summed E-state index contributed by atoms with van der Waals surface area (Å²) in [4.78, 5) is 58.1. The quantitative estimate of drug-likeness (QED) is 0.0968. The van der Waals surface area contributed by atoms with E-state index in [1.807, 2.05) is 0 Å². The fourth-order valence-corrected chi connectivity index (χ4v) is 4.05. The lowest BCUT2D eigenvalue weighted by Crippen LogP contribution is -2.40. The molecule has 0 bridgehead atoms. The van der Waals surface area contributed by atoms with Gasteiger partial charge in [-0.1, -0.05) is 38.5 Å². The predicted molar refractivity (Wildman–Crippen MR) is 149 cm³/mol. The summed E-state index contributed by atoms with van der Waals surface area (Å²) >= 11 is 0. The Morgan fingerprint density at radius 1 is 0.513 bits per heavy atom. The number of hydrogen-bond donors (Lipinski definition) is 0. The van der Waals surface area contributed by atoms with Gasteiger partial charge < -0.3 is 18.9 Å². The van der Waals surface area contributed by atoms with E-state index in [0.717, 1.165) is 51.4 Å². The molecule has 0 aromatic carbocycles. The van der Waals surface area contributed by atoms with E-state index in [-0.39, 0.29) is 94.4 Å². The highest BCUT2D eigenvalue weighted by Gasteiger charge is 2.34. The van der Waals surface area contributed by atoms with Crippen molar-refractivity contribution in [2.45, 2.75) is 111 Å². The van der Waals surface area contributed by atoms with Gasteiger partial charge in [0.05, 0.1) is 46.8 Å². The summed E-state index contributed by atoms with van der Waals surface area (Å²) in [5.41, 5.74) is -0.758. The van der Waals surface area contributed by atoms with Gasteiger partial charge in [0, 0.05) is 43.9 Å². The lowest BCUT2D eigenvalue weighted by atomic mass is 9.83. The summed E-state index contributed by atoms with van der Waals surface area (Å²) in [6.45, 7) is 5.79. The van der Waals surface area contributed by atoms with E-state index in [1.54, 1.807) is 0 Å². The Bertz CT molecular complexity index is 662. The van der Waals surface area contributed by atoms with Crippen LogP contribution < -0.4 is 0 Å². The monoisotopic (exact) mass is 556 g/mol. The smallest absolute Gasteiger partial charge is 0.305 e. The maximum absolute atomic E-state index is 13.0. The van der Waals surface area contributed by atoms with Gasteiger partial charge in [-0.15, -0.1) is 0 Å². The molecule has 0 aliphatic carbocycles. The van der Waals surface area contributed by atoms with Crippen LogP contribution in [-0.2, 0) is 42.9 Å². The summed E-state index contributed by atoms with van der Waals surface area (Å²) < 4.78 is 22.0. The van der Waals surface area contributed by atoms with Gasteiger partial charge in [-0.05, 0) is 33.6 Å². The average Bonchev–Trinajstić information content (AvgIpc) is 2.87. The second-order valence-corrected chi connectivity index (χ2v) is 10.6. The third-order valence-electron chi connectivity index (χ3n) is 6.41. The summed E-state index contributed by atoms with van der Waals surface area (Å²) in [5.74, 6) is 0.00438. The van der Waals surface area contributed by atoms with Crippen LogP contribution in [0, 0.1) is 5.41 Å². The Labute approximate surface area is 235 Å². The Hall–Kier alpha value is -1.97. The number of rotatable bonds is 28. The van der Waals surface area contributed by atoms with Crippen LogP contribution in [0.1, 0.15) is 111 Å². The predicted octanol–water partition coefficient (Wildman–Crippen LogP) is 4.99. The van der Waals surface area contributed by atoms with E-state index in [9.17, 15) is 24.0 Å². The lowest BCUT2D eigenvalue weighted by Gasteiger charge is -2.33. The van der Waals surface area contributed by atoms with Gasteiger partial charge in [0.25, 0.3) is 0 Å². The molecule has 0 heterocycles. The first kappa shape index (κ1) is 37.0. The van der Waals surface area contributed by atoms with Crippen LogP contribution in [0.25, 0.3) is 0 Å². The Kier molecular flexibility index (Phi) is 22.7. The minimum absolute atomic E-state index is 0.0216. The molecule has 0 saturated heterocycles. The van der Waals surface area contributed by atoms with E-state index in [1.165, 1.54) is 27.9 Å². The summed E-state index contributed by atoms with van der Waals surface area (Å²) in [5, 5.41) is 0. The van der Waals surface area contributed by atoms with E-state index in [0.29, 0.717) is 12.8 Å². The molecule has 9 nitrogen and oxygen atoms in total. The Morgan fingerprint density at radius 3 is 1.23 bits per heavy atom. The number of hydrogen-bond acceptors (Lipinski definition) is 9. The zero-order valence-corrected chi connectivity index (χ0v) is 24.8. The number of Topliss-reactive ketones (excluding diaryl/α,β-unsaturated/α-hetero) is 4. The maximum atomic E-state index is 13.0. The first-order valence-electron chi connectivity index (χ1n) is 14.4. The van der Waals surface area contributed by atoms with Crippen LogP contribution in [-0.4, -0.2) is 75.9 Å². The van der Waals surface area contributed by atoms with E-state index < -0.39 is 5.41 Å². The Morgan fingerprint density at radius 2 is 0.872 bits per heavy atom.